The lowest BCUT2D eigenvalue weighted by Gasteiger charge is -2.18. The maximum Gasteiger partial charge on any atom is 0.307 e. The Kier molecular flexibility index (Phi) is 6.42. The predicted molar refractivity (Wildman–Crippen MR) is 81.1 cm³/mol. The Morgan fingerprint density at radius 1 is 1.40 bits per heavy atom. The van der Waals surface area contributed by atoms with E-state index in [9.17, 15) is 14.7 Å². The van der Waals surface area contributed by atoms with Gasteiger partial charge in [0.15, 0.2) is 0 Å². The van der Waals surface area contributed by atoms with Crippen molar-refractivity contribution in [1.29, 1.82) is 0 Å². The molecule has 0 saturated heterocycles. The third kappa shape index (κ3) is 4.76. The van der Waals surface area contributed by atoms with Crippen LogP contribution in [0.3, 0.4) is 0 Å². The average Bonchev–Trinajstić information content (AvgIpc) is 2.60. The lowest BCUT2D eigenvalue weighted by molar-refractivity contribution is -0.122. The lowest BCUT2D eigenvalue weighted by Crippen LogP contribution is -2.39. The maximum absolute atomic E-state index is 11.9. The number of rotatable bonds is 7. The highest BCUT2D eigenvalue weighted by Crippen LogP contribution is 2.10. The fraction of sp³-hybridized carbons (Fsp3) is 0.714. The van der Waals surface area contributed by atoms with E-state index in [2.05, 4.69) is 5.32 Å². The van der Waals surface area contributed by atoms with Gasteiger partial charge in [0.2, 0.25) is 5.91 Å². The van der Waals surface area contributed by atoms with Gasteiger partial charge in [-0.1, -0.05) is 25.2 Å². The normalized spacial score (nSPS) is 12.7. The molecule has 1 unspecified atom stereocenters. The van der Waals surface area contributed by atoms with Crippen molar-refractivity contribution in [2.24, 2.45) is 5.92 Å². The van der Waals surface area contributed by atoms with E-state index in [1.165, 1.54) is 11.3 Å². The van der Waals surface area contributed by atoms with Gasteiger partial charge in [0.05, 0.1) is 12.6 Å². The molecule has 0 spiro atoms. The summed E-state index contributed by atoms with van der Waals surface area (Å²) >= 11 is 1.21. The number of thiazole rings is 1. The van der Waals surface area contributed by atoms with Crippen molar-refractivity contribution in [3.63, 3.8) is 0 Å². The number of amides is 1. The Balaban J connectivity index is 2.53. The summed E-state index contributed by atoms with van der Waals surface area (Å²) < 4.78 is 1.63. The molecule has 114 valence electrons. The molecule has 1 atom stereocenters. The predicted octanol–water partition coefficient (Wildman–Crippen LogP) is 1.44. The first-order chi connectivity index (χ1) is 9.35. The van der Waals surface area contributed by atoms with Crippen molar-refractivity contribution in [3.8, 4) is 0 Å². The zero-order chi connectivity index (χ0) is 15.3. The summed E-state index contributed by atoms with van der Waals surface area (Å²) in [6.07, 6.45) is 1.00. The quantitative estimate of drug-likeness (QED) is 0.800. The van der Waals surface area contributed by atoms with Crippen molar-refractivity contribution >= 4 is 17.2 Å². The van der Waals surface area contributed by atoms with Crippen LogP contribution < -0.4 is 10.2 Å². The molecule has 6 heteroatoms. The second kappa shape index (κ2) is 7.59. The summed E-state index contributed by atoms with van der Waals surface area (Å²) in [6.45, 7) is 8.22. The van der Waals surface area contributed by atoms with E-state index in [1.807, 2.05) is 27.7 Å². The van der Waals surface area contributed by atoms with Gasteiger partial charge in [-0.25, -0.2) is 0 Å². The molecule has 0 radical (unpaired) electrons. The van der Waals surface area contributed by atoms with Crippen LogP contribution in [-0.4, -0.2) is 28.2 Å². The van der Waals surface area contributed by atoms with Crippen LogP contribution in [0.1, 0.15) is 37.3 Å². The number of aliphatic hydroxyl groups is 1. The number of carbonyl (C=O) groups excluding carboxylic acids is 1. The van der Waals surface area contributed by atoms with Crippen molar-refractivity contribution < 1.29 is 9.90 Å². The molecule has 1 amide bonds. The highest BCUT2D eigenvalue weighted by atomic mass is 32.1. The van der Waals surface area contributed by atoms with Gasteiger partial charge >= 0.3 is 4.87 Å². The second-order valence-electron chi connectivity index (χ2n) is 5.49. The SMILES string of the molecule is Cc1sc(=O)n(CCC(=O)NC(CO)CC(C)C)c1C. The topological polar surface area (TPSA) is 71.3 Å². The molecular formula is C14H24N2O3S. The standard InChI is InChI=1S/C14H24N2O3S/c1-9(2)7-12(8-17)15-13(18)5-6-16-10(3)11(4)20-14(16)19/h9,12,17H,5-8H2,1-4H3,(H,15,18). The smallest absolute Gasteiger partial charge is 0.307 e. The first kappa shape index (κ1) is 16.9. The number of aryl methyl sites for hydroxylation is 1. The average molecular weight is 300 g/mol. The molecule has 0 fully saturated rings. The number of aliphatic hydroxyl groups excluding tert-OH is 1. The number of nitrogens with zero attached hydrogens (tertiary/aromatic N) is 1. The van der Waals surface area contributed by atoms with Crippen LogP contribution in [-0.2, 0) is 11.3 Å². The zero-order valence-corrected chi connectivity index (χ0v) is 13.4. The third-order valence-corrected chi connectivity index (χ3v) is 4.28. The number of nitrogens with one attached hydrogen (secondary N) is 1. The number of aromatic nitrogens is 1. The van der Waals surface area contributed by atoms with E-state index >= 15 is 0 Å². The fourth-order valence-electron chi connectivity index (χ4n) is 2.11. The van der Waals surface area contributed by atoms with Gasteiger partial charge in [0.1, 0.15) is 0 Å². The Morgan fingerprint density at radius 3 is 2.50 bits per heavy atom. The molecule has 1 heterocycles. The Bertz CT molecular complexity index is 505. The van der Waals surface area contributed by atoms with E-state index in [-0.39, 0.29) is 29.8 Å². The van der Waals surface area contributed by atoms with E-state index in [0.29, 0.717) is 12.5 Å². The van der Waals surface area contributed by atoms with Crippen LogP contribution in [0.5, 0.6) is 0 Å². The third-order valence-electron chi connectivity index (χ3n) is 3.28. The molecule has 0 aromatic carbocycles. The van der Waals surface area contributed by atoms with Crippen LogP contribution in [0.4, 0.5) is 0 Å². The first-order valence-electron chi connectivity index (χ1n) is 6.92. The summed E-state index contributed by atoms with van der Waals surface area (Å²) in [7, 11) is 0. The highest BCUT2D eigenvalue weighted by molar-refractivity contribution is 7.09. The molecule has 1 aromatic rings. The summed E-state index contributed by atoms with van der Waals surface area (Å²) in [6, 6.07) is -0.204. The van der Waals surface area contributed by atoms with Crippen LogP contribution in [0.25, 0.3) is 0 Å². The van der Waals surface area contributed by atoms with Gasteiger partial charge in [-0.05, 0) is 26.2 Å². The number of carbonyl (C=O) groups is 1. The molecule has 5 nitrogen and oxygen atoms in total. The van der Waals surface area contributed by atoms with E-state index in [1.54, 1.807) is 4.57 Å². The molecule has 0 saturated carbocycles. The Labute approximate surface area is 123 Å². The van der Waals surface area contributed by atoms with Gasteiger partial charge in [-0.2, -0.15) is 0 Å². The number of hydrogen-bond acceptors (Lipinski definition) is 4. The van der Waals surface area contributed by atoms with E-state index in [4.69, 9.17) is 0 Å². The Morgan fingerprint density at radius 2 is 2.05 bits per heavy atom. The van der Waals surface area contributed by atoms with Crippen molar-refractivity contribution in [2.45, 2.75) is 53.1 Å². The molecular weight excluding hydrogens is 276 g/mol. The molecule has 0 aliphatic rings. The molecule has 2 N–H and O–H groups in total. The summed E-state index contributed by atoms with van der Waals surface area (Å²) in [4.78, 5) is 24.5. The van der Waals surface area contributed by atoms with Crippen molar-refractivity contribution in [3.05, 3.63) is 20.2 Å². The Hall–Kier alpha value is -1.14. The monoisotopic (exact) mass is 300 g/mol. The molecule has 0 aliphatic carbocycles. The highest BCUT2D eigenvalue weighted by Gasteiger charge is 2.14. The van der Waals surface area contributed by atoms with Gasteiger partial charge in [-0.3, -0.25) is 9.59 Å². The van der Waals surface area contributed by atoms with E-state index < -0.39 is 0 Å². The summed E-state index contributed by atoms with van der Waals surface area (Å²) in [5, 5.41) is 12.0. The van der Waals surface area contributed by atoms with Crippen LogP contribution >= 0.6 is 11.3 Å². The van der Waals surface area contributed by atoms with E-state index in [0.717, 1.165) is 17.0 Å². The molecule has 20 heavy (non-hydrogen) atoms. The molecule has 1 rings (SSSR count). The zero-order valence-electron chi connectivity index (χ0n) is 12.6. The lowest BCUT2D eigenvalue weighted by atomic mass is 10.0. The minimum Gasteiger partial charge on any atom is -0.394 e. The van der Waals surface area contributed by atoms with Crippen molar-refractivity contribution in [1.82, 2.24) is 9.88 Å². The van der Waals surface area contributed by atoms with Crippen LogP contribution in [0.15, 0.2) is 4.79 Å². The first-order valence-corrected chi connectivity index (χ1v) is 7.73. The largest absolute Gasteiger partial charge is 0.394 e. The maximum atomic E-state index is 11.9. The second-order valence-corrected chi connectivity index (χ2v) is 6.65. The van der Waals surface area contributed by atoms with Crippen LogP contribution in [0.2, 0.25) is 0 Å². The summed E-state index contributed by atoms with van der Waals surface area (Å²) in [5.41, 5.74) is 0.925. The van der Waals surface area contributed by atoms with Crippen LogP contribution in [0, 0.1) is 19.8 Å². The van der Waals surface area contributed by atoms with Gasteiger partial charge < -0.3 is 15.0 Å². The minimum atomic E-state index is -0.204. The minimum absolute atomic E-state index is 0.0197. The summed E-state index contributed by atoms with van der Waals surface area (Å²) in [5.74, 6) is 0.289. The number of hydrogen-bond donors (Lipinski definition) is 2. The van der Waals surface area contributed by atoms with Gasteiger partial charge in [-0.15, -0.1) is 0 Å². The molecule has 0 bridgehead atoms. The molecule has 0 aliphatic heterocycles. The van der Waals surface area contributed by atoms with Crippen molar-refractivity contribution in [2.75, 3.05) is 6.61 Å². The molecule has 1 aromatic heterocycles. The fourth-order valence-corrected chi connectivity index (χ4v) is 2.97. The van der Waals surface area contributed by atoms with Gasteiger partial charge in [0.25, 0.3) is 0 Å². The van der Waals surface area contributed by atoms with Gasteiger partial charge in [0, 0.05) is 23.5 Å².